The van der Waals surface area contributed by atoms with Crippen molar-refractivity contribution in [2.75, 3.05) is 13.7 Å². The van der Waals surface area contributed by atoms with E-state index in [1.54, 1.807) is 6.92 Å². The lowest BCUT2D eigenvalue weighted by atomic mass is 10.2. The summed E-state index contributed by atoms with van der Waals surface area (Å²) in [6.45, 7) is 2.07. The van der Waals surface area contributed by atoms with Crippen LogP contribution in [0.15, 0.2) is 30.3 Å². The molecular formula is C15H21NO4S. The second-order valence-electron chi connectivity index (χ2n) is 4.62. The fourth-order valence-corrected chi connectivity index (χ4v) is 2.51. The minimum atomic E-state index is -1.04. The number of benzene rings is 1. The smallest absolute Gasteiger partial charge is 0.326 e. The Bertz CT molecular complexity index is 452. The quantitative estimate of drug-likeness (QED) is 0.728. The van der Waals surface area contributed by atoms with Crippen molar-refractivity contribution >= 4 is 23.6 Å². The van der Waals surface area contributed by atoms with Crippen molar-refractivity contribution in [3.8, 4) is 0 Å². The zero-order valence-corrected chi connectivity index (χ0v) is 13.1. The molecule has 1 aromatic rings. The Kier molecular flexibility index (Phi) is 7.85. The number of aliphatic carboxylic acids is 1. The van der Waals surface area contributed by atoms with Gasteiger partial charge in [-0.2, -0.15) is 0 Å². The molecule has 0 radical (unpaired) electrons. The second-order valence-corrected chi connectivity index (χ2v) is 5.95. The molecule has 0 aliphatic rings. The van der Waals surface area contributed by atoms with Crippen LogP contribution in [0.1, 0.15) is 18.9 Å². The molecule has 2 unspecified atom stereocenters. The van der Waals surface area contributed by atoms with E-state index in [-0.39, 0.29) is 17.6 Å². The molecule has 0 aromatic heterocycles. The van der Waals surface area contributed by atoms with Gasteiger partial charge < -0.3 is 15.2 Å². The van der Waals surface area contributed by atoms with Gasteiger partial charge in [-0.3, -0.25) is 4.79 Å². The Morgan fingerprint density at radius 1 is 1.33 bits per heavy atom. The molecule has 0 fully saturated rings. The van der Waals surface area contributed by atoms with Crippen LogP contribution in [0.25, 0.3) is 0 Å². The van der Waals surface area contributed by atoms with Crippen LogP contribution in [0.5, 0.6) is 0 Å². The zero-order chi connectivity index (χ0) is 15.7. The van der Waals surface area contributed by atoms with Crippen molar-refractivity contribution in [3.05, 3.63) is 35.9 Å². The number of thioether (sulfide) groups is 1. The van der Waals surface area contributed by atoms with E-state index in [0.29, 0.717) is 12.4 Å². The largest absolute Gasteiger partial charge is 0.480 e. The molecule has 0 saturated carbocycles. The highest BCUT2D eigenvalue weighted by Crippen LogP contribution is 2.17. The summed E-state index contributed by atoms with van der Waals surface area (Å²) in [6.07, 6.45) is 0.258. The van der Waals surface area contributed by atoms with E-state index in [9.17, 15) is 9.59 Å². The molecule has 1 amide bonds. The van der Waals surface area contributed by atoms with E-state index < -0.39 is 12.0 Å². The number of carboxylic acids is 1. The molecule has 0 heterocycles. The van der Waals surface area contributed by atoms with Gasteiger partial charge in [0.25, 0.3) is 0 Å². The normalized spacial score (nSPS) is 13.4. The van der Waals surface area contributed by atoms with Crippen molar-refractivity contribution in [3.63, 3.8) is 0 Å². The number of nitrogens with one attached hydrogen (secondary N) is 1. The summed E-state index contributed by atoms with van der Waals surface area (Å²) in [6, 6.07) is 8.93. The Balaban J connectivity index is 2.43. The second kappa shape index (κ2) is 9.41. The number of amides is 1. The van der Waals surface area contributed by atoms with Gasteiger partial charge >= 0.3 is 5.97 Å². The summed E-state index contributed by atoms with van der Waals surface area (Å²) in [5.74, 6) is -0.592. The maximum absolute atomic E-state index is 12.0. The van der Waals surface area contributed by atoms with Crippen molar-refractivity contribution in [1.29, 1.82) is 0 Å². The summed E-state index contributed by atoms with van der Waals surface area (Å²) in [4.78, 5) is 23.1. The Hall–Kier alpha value is -1.53. The average molecular weight is 311 g/mol. The molecule has 6 heteroatoms. The molecular weight excluding hydrogens is 290 g/mol. The average Bonchev–Trinajstić information content (AvgIpc) is 2.49. The number of hydrogen-bond acceptors (Lipinski definition) is 4. The molecule has 0 aliphatic heterocycles. The third-order valence-electron chi connectivity index (χ3n) is 2.94. The van der Waals surface area contributed by atoms with Gasteiger partial charge in [-0.05, 0) is 12.5 Å². The molecule has 1 aromatic carbocycles. The van der Waals surface area contributed by atoms with Crippen molar-refractivity contribution in [2.45, 2.75) is 30.4 Å². The first kappa shape index (κ1) is 17.5. The number of carboxylic acid groups (broad SMARTS) is 1. The number of methoxy groups -OCH3 is 1. The van der Waals surface area contributed by atoms with Crippen LogP contribution in [0, 0.1) is 0 Å². The molecule has 1 rings (SSSR count). The van der Waals surface area contributed by atoms with E-state index in [1.807, 2.05) is 30.3 Å². The van der Waals surface area contributed by atoms with Crippen LogP contribution in [0.3, 0.4) is 0 Å². The maximum Gasteiger partial charge on any atom is 0.326 e. The Morgan fingerprint density at radius 2 is 2.00 bits per heavy atom. The maximum atomic E-state index is 12.0. The van der Waals surface area contributed by atoms with E-state index in [1.165, 1.54) is 18.9 Å². The van der Waals surface area contributed by atoms with Crippen LogP contribution < -0.4 is 5.32 Å². The molecule has 0 bridgehead atoms. The Labute approximate surface area is 129 Å². The predicted octanol–water partition coefficient (Wildman–Crippen LogP) is 1.91. The highest BCUT2D eigenvalue weighted by molar-refractivity contribution is 7.99. The molecule has 2 N–H and O–H groups in total. The highest BCUT2D eigenvalue weighted by Gasteiger charge is 2.22. The first-order valence-corrected chi connectivity index (χ1v) is 7.77. The van der Waals surface area contributed by atoms with Gasteiger partial charge in [-0.1, -0.05) is 30.3 Å². The summed E-state index contributed by atoms with van der Waals surface area (Å²) >= 11 is 1.48. The fraction of sp³-hybridized carbons (Fsp3) is 0.467. The lowest BCUT2D eigenvalue weighted by Gasteiger charge is -2.17. The lowest BCUT2D eigenvalue weighted by Crippen LogP contribution is -2.44. The van der Waals surface area contributed by atoms with Gasteiger partial charge in [0.1, 0.15) is 6.04 Å². The fourth-order valence-electron chi connectivity index (χ4n) is 1.65. The van der Waals surface area contributed by atoms with Crippen LogP contribution in [-0.4, -0.2) is 42.0 Å². The predicted molar refractivity (Wildman–Crippen MR) is 83.3 cm³/mol. The van der Waals surface area contributed by atoms with Gasteiger partial charge in [-0.25, -0.2) is 4.79 Å². The van der Waals surface area contributed by atoms with Gasteiger partial charge in [0.2, 0.25) is 5.91 Å². The summed E-state index contributed by atoms with van der Waals surface area (Å²) < 4.78 is 4.85. The van der Waals surface area contributed by atoms with Gasteiger partial charge in [-0.15, -0.1) is 11.8 Å². The Morgan fingerprint density at radius 3 is 2.57 bits per heavy atom. The minimum absolute atomic E-state index is 0.258. The molecule has 0 saturated heterocycles. The van der Waals surface area contributed by atoms with Crippen molar-refractivity contribution < 1.29 is 19.4 Å². The standard InChI is InChI=1S/C15H21NO4S/c1-11(21-10-12-6-4-3-5-7-12)14(17)16-13(15(18)19)8-9-20-2/h3-7,11,13H,8-10H2,1-2H3,(H,16,17)(H,18,19). The molecule has 5 nitrogen and oxygen atoms in total. The van der Waals surface area contributed by atoms with E-state index >= 15 is 0 Å². The number of carbonyl (C=O) groups excluding carboxylic acids is 1. The number of rotatable bonds is 9. The van der Waals surface area contributed by atoms with Gasteiger partial charge in [0.05, 0.1) is 5.25 Å². The van der Waals surface area contributed by atoms with Crippen LogP contribution in [-0.2, 0) is 20.1 Å². The lowest BCUT2D eigenvalue weighted by molar-refractivity contribution is -0.142. The minimum Gasteiger partial charge on any atom is -0.480 e. The van der Waals surface area contributed by atoms with E-state index in [4.69, 9.17) is 9.84 Å². The zero-order valence-electron chi connectivity index (χ0n) is 12.2. The van der Waals surface area contributed by atoms with Gasteiger partial charge in [0.15, 0.2) is 0 Å². The van der Waals surface area contributed by atoms with Crippen molar-refractivity contribution in [1.82, 2.24) is 5.32 Å². The molecule has 2 atom stereocenters. The van der Waals surface area contributed by atoms with Crippen LogP contribution >= 0.6 is 11.8 Å². The third kappa shape index (κ3) is 6.64. The van der Waals surface area contributed by atoms with E-state index in [0.717, 1.165) is 5.56 Å². The highest BCUT2D eigenvalue weighted by atomic mass is 32.2. The number of hydrogen-bond donors (Lipinski definition) is 2. The summed E-state index contributed by atoms with van der Waals surface area (Å²) in [5, 5.41) is 11.3. The van der Waals surface area contributed by atoms with Gasteiger partial charge in [0, 0.05) is 25.9 Å². The first-order chi connectivity index (χ1) is 10.0. The van der Waals surface area contributed by atoms with Crippen LogP contribution in [0.4, 0.5) is 0 Å². The molecule has 0 spiro atoms. The summed E-state index contributed by atoms with van der Waals surface area (Å²) in [7, 11) is 1.50. The topological polar surface area (TPSA) is 75.6 Å². The molecule has 0 aliphatic carbocycles. The third-order valence-corrected chi connectivity index (χ3v) is 4.15. The van der Waals surface area contributed by atoms with Crippen LogP contribution in [0.2, 0.25) is 0 Å². The monoisotopic (exact) mass is 311 g/mol. The number of carbonyl (C=O) groups is 2. The van der Waals surface area contributed by atoms with E-state index in [2.05, 4.69) is 5.32 Å². The first-order valence-electron chi connectivity index (χ1n) is 6.72. The molecule has 21 heavy (non-hydrogen) atoms. The summed E-state index contributed by atoms with van der Waals surface area (Å²) in [5.41, 5.74) is 1.14. The SMILES string of the molecule is COCCC(NC(=O)C(C)SCc1ccccc1)C(=O)O. The number of ether oxygens (including phenoxy) is 1. The molecule has 116 valence electrons. The van der Waals surface area contributed by atoms with Crippen molar-refractivity contribution in [2.24, 2.45) is 0 Å².